The highest BCUT2D eigenvalue weighted by Crippen LogP contribution is 2.57. The lowest BCUT2D eigenvalue weighted by Crippen LogP contribution is -2.33. The molecule has 9 nitrogen and oxygen atoms in total. The van der Waals surface area contributed by atoms with Crippen LogP contribution in [0.3, 0.4) is 0 Å². The Morgan fingerprint density at radius 3 is 1.88 bits per heavy atom. The van der Waals surface area contributed by atoms with Crippen molar-refractivity contribution in [3.63, 3.8) is 0 Å². The summed E-state index contributed by atoms with van der Waals surface area (Å²) in [6.07, 6.45) is 0. The van der Waals surface area contributed by atoms with Crippen LogP contribution in [0.4, 0.5) is 5.69 Å². The van der Waals surface area contributed by atoms with Gasteiger partial charge in [0.25, 0.3) is 5.91 Å². The van der Waals surface area contributed by atoms with Crippen molar-refractivity contribution in [3.8, 4) is 23.0 Å². The van der Waals surface area contributed by atoms with Crippen molar-refractivity contribution < 1.29 is 38.1 Å². The fourth-order valence-corrected chi connectivity index (χ4v) is 5.02. The van der Waals surface area contributed by atoms with Crippen LogP contribution in [-0.2, 0) is 19.9 Å². The van der Waals surface area contributed by atoms with Crippen LogP contribution in [0, 0.1) is 0 Å². The molecule has 0 atom stereocenters. The van der Waals surface area contributed by atoms with E-state index >= 15 is 0 Å². The number of benzene rings is 4. The average Bonchev–Trinajstić information content (AvgIpc) is 3.20. The van der Waals surface area contributed by atoms with Crippen molar-refractivity contribution >= 4 is 29.5 Å². The van der Waals surface area contributed by atoms with Gasteiger partial charge in [0.1, 0.15) is 23.0 Å². The summed E-state index contributed by atoms with van der Waals surface area (Å²) in [6.45, 7) is 2.57. The van der Waals surface area contributed by atoms with E-state index in [0.29, 0.717) is 27.9 Å². The van der Waals surface area contributed by atoms with Gasteiger partial charge in [-0.2, -0.15) is 0 Å². The molecule has 2 heterocycles. The van der Waals surface area contributed by atoms with Gasteiger partial charge in [0.15, 0.2) is 5.60 Å². The Balaban J connectivity index is 1.48. The highest BCUT2D eigenvalue weighted by atomic mass is 16.6. The molecular formula is C31H21NO8. The summed E-state index contributed by atoms with van der Waals surface area (Å²) in [6, 6.07) is 23.3. The number of hydrogen-bond donors (Lipinski definition) is 1. The summed E-state index contributed by atoms with van der Waals surface area (Å²) in [7, 11) is 0. The minimum atomic E-state index is -1.42. The number of anilines is 1. The first kappa shape index (κ1) is 24.9. The molecule has 1 spiro atoms. The predicted octanol–water partition coefficient (Wildman–Crippen LogP) is 5.36. The van der Waals surface area contributed by atoms with Gasteiger partial charge in [-0.15, -0.1) is 0 Å². The van der Waals surface area contributed by atoms with E-state index in [1.807, 2.05) is 6.07 Å². The van der Waals surface area contributed by atoms with Gasteiger partial charge < -0.3 is 24.3 Å². The number of nitrogens with one attached hydrogen (secondary N) is 1. The standard InChI is InChI=1S/C31H21NO8/c1-17(33)37-21-9-12-25-27(15-21)39-28-16-22(38-18(2)34)10-13-26(28)31(25)24-11-8-20(14-23(24)30(36)40-31)32-29(35)19-6-4-3-5-7-19/h3-16H,1-2H3,(H,32,35). The lowest BCUT2D eigenvalue weighted by atomic mass is 9.77. The number of fused-ring (bicyclic) bond motifs is 6. The Labute approximate surface area is 228 Å². The van der Waals surface area contributed by atoms with Gasteiger partial charge in [0.2, 0.25) is 0 Å². The third-order valence-corrected chi connectivity index (χ3v) is 6.57. The Morgan fingerprint density at radius 1 is 0.725 bits per heavy atom. The Morgan fingerprint density at radius 2 is 1.30 bits per heavy atom. The molecule has 6 rings (SSSR count). The average molecular weight is 536 g/mol. The fraction of sp³-hybridized carbons (Fsp3) is 0.0968. The molecule has 1 N–H and O–H groups in total. The predicted molar refractivity (Wildman–Crippen MR) is 142 cm³/mol. The maximum absolute atomic E-state index is 13.4. The second-order valence-electron chi connectivity index (χ2n) is 9.26. The quantitative estimate of drug-likeness (QED) is 0.274. The van der Waals surface area contributed by atoms with Crippen LogP contribution in [0.15, 0.2) is 84.9 Å². The molecule has 1 amide bonds. The van der Waals surface area contributed by atoms with Gasteiger partial charge in [-0.25, -0.2) is 4.79 Å². The highest BCUT2D eigenvalue weighted by Gasteiger charge is 2.53. The van der Waals surface area contributed by atoms with Crippen LogP contribution in [0.2, 0.25) is 0 Å². The monoisotopic (exact) mass is 535 g/mol. The molecular weight excluding hydrogens is 514 g/mol. The summed E-state index contributed by atoms with van der Waals surface area (Å²) in [5, 5.41) is 2.82. The van der Waals surface area contributed by atoms with Crippen LogP contribution >= 0.6 is 0 Å². The van der Waals surface area contributed by atoms with Gasteiger partial charge in [-0.05, 0) is 48.5 Å². The molecule has 198 valence electrons. The lowest BCUT2D eigenvalue weighted by molar-refractivity contribution is -0.132. The van der Waals surface area contributed by atoms with Crippen molar-refractivity contribution in [2.24, 2.45) is 0 Å². The molecule has 2 aliphatic rings. The summed E-state index contributed by atoms with van der Waals surface area (Å²) in [5.74, 6) is -0.885. The smallest absolute Gasteiger partial charge is 0.340 e. The number of amides is 1. The largest absolute Gasteiger partial charge is 0.456 e. The summed E-state index contributed by atoms with van der Waals surface area (Å²) in [5.41, 5.74) is 1.28. The molecule has 0 aliphatic carbocycles. The Hall–Kier alpha value is -5.44. The number of hydrogen-bond acceptors (Lipinski definition) is 8. The lowest BCUT2D eigenvalue weighted by Gasteiger charge is -2.36. The first-order valence-electron chi connectivity index (χ1n) is 12.3. The molecule has 40 heavy (non-hydrogen) atoms. The van der Waals surface area contributed by atoms with Gasteiger partial charge in [-0.3, -0.25) is 14.4 Å². The van der Waals surface area contributed by atoms with Crippen LogP contribution in [0.25, 0.3) is 0 Å². The molecule has 9 heteroatoms. The minimum Gasteiger partial charge on any atom is -0.456 e. The SMILES string of the molecule is CC(=O)Oc1ccc2c(c1)Oc1cc(OC(C)=O)ccc1C21OC(=O)c2cc(NC(=O)c3ccccc3)ccc21. The zero-order chi connectivity index (χ0) is 28.0. The number of carbonyl (C=O) groups is 4. The van der Waals surface area contributed by atoms with Crippen molar-refractivity contribution in [2.75, 3.05) is 5.32 Å². The zero-order valence-corrected chi connectivity index (χ0v) is 21.3. The van der Waals surface area contributed by atoms with Crippen LogP contribution < -0.4 is 19.5 Å². The molecule has 0 aromatic heterocycles. The zero-order valence-electron chi connectivity index (χ0n) is 21.3. The fourth-order valence-electron chi connectivity index (χ4n) is 5.02. The molecule has 0 fully saturated rings. The minimum absolute atomic E-state index is 0.240. The van der Waals surface area contributed by atoms with E-state index in [1.165, 1.54) is 26.0 Å². The summed E-state index contributed by atoms with van der Waals surface area (Å²) in [4.78, 5) is 49.2. The summed E-state index contributed by atoms with van der Waals surface area (Å²) < 4.78 is 22.8. The van der Waals surface area contributed by atoms with E-state index in [-0.39, 0.29) is 34.5 Å². The van der Waals surface area contributed by atoms with Crippen LogP contribution in [0.5, 0.6) is 23.0 Å². The molecule has 2 aliphatic heterocycles. The maximum atomic E-state index is 13.4. The Kier molecular flexibility index (Phi) is 5.84. The molecule has 0 saturated carbocycles. The highest BCUT2D eigenvalue weighted by molar-refractivity contribution is 6.05. The van der Waals surface area contributed by atoms with Crippen molar-refractivity contribution in [1.29, 1.82) is 0 Å². The second kappa shape index (κ2) is 9.39. The maximum Gasteiger partial charge on any atom is 0.340 e. The summed E-state index contributed by atoms with van der Waals surface area (Å²) >= 11 is 0. The van der Waals surface area contributed by atoms with Gasteiger partial charge in [0, 0.05) is 53.9 Å². The first-order valence-corrected chi connectivity index (χ1v) is 12.3. The van der Waals surface area contributed by atoms with Crippen LogP contribution in [0.1, 0.15) is 51.3 Å². The van der Waals surface area contributed by atoms with Gasteiger partial charge in [-0.1, -0.05) is 24.3 Å². The third kappa shape index (κ3) is 4.14. The Bertz CT molecular complexity index is 1660. The first-order chi connectivity index (χ1) is 19.2. The second-order valence-corrected chi connectivity index (χ2v) is 9.26. The topological polar surface area (TPSA) is 117 Å². The number of carbonyl (C=O) groups excluding carboxylic acids is 4. The van der Waals surface area contributed by atoms with E-state index in [4.69, 9.17) is 18.9 Å². The van der Waals surface area contributed by atoms with E-state index in [0.717, 1.165) is 0 Å². The third-order valence-electron chi connectivity index (χ3n) is 6.57. The van der Waals surface area contributed by atoms with E-state index in [9.17, 15) is 19.2 Å². The van der Waals surface area contributed by atoms with Crippen LogP contribution in [-0.4, -0.2) is 23.8 Å². The van der Waals surface area contributed by atoms with Crippen molar-refractivity contribution in [3.05, 3.63) is 113 Å². The van der Waals surface area contributed by atoms with E-state index < -0.39 is 23.5 Å². The molecule has 0 saturated heterocycles. The molecule has 4 aromatic rings. The normalized spacial score (nSPS) is 13.7. The number of esters is 3. The van der Waals surface area contributed by atoms with Crippen molar-refractivity contribution in [2.45, 2.75) is 19.4 Å². The molecule has 0 bridgehead atoms. The van der Waals surface area contributed by atoms with E-state index in [1.54, 1.807) is 66.7 Å². The number of ether oxygens (including phenoxy) is 4. The van der Waals surface area contributed by atoms with Crippen molar-refractivity contribution in [1.82, 2.24) is 0 Å². The van der Waals surface area contributed by atoms with Gasteiger partial charge in [0.05, 0.1) is 5.56 Å². The molecule has 0 radical (unpaired) electrons. The van der Waals surface area contributed by atoms with E-state index in [2.05, 4.69) is 5.32 Å². The number of rotatable bonds is 4. The molecule has 0 unspecified atom stereocenters. The molecule has 4 aromatic carbocycles. The van der Waals surface area contributed by atoms with Gasteiger partial charge >= 0.3 is 17.9 Å².